The van der Waals surface area contributed by atoms with Gasteiger partial charge in [-0.2, -0.15) is 13.2 Å². The molecule has 0 saturated heterocycles. The van der Waals surface area contributed by atoms with Gasteiger partial charge in [0.05, 0.1) is 0 Å². The van der Waals surface area contributed by atoms with Crippen molar-refractivity contribution < 1.29 is 13.2 Å². The number of rotatable bonds is 3. The summed E-state index contributed by atoms with van der Waals surface area (Å²) in [5.74, 6) is 0. The standard InChI is InChI=1S/C12H13F3N2/c1-16-5-4-8-2-3-10-9(6-8)7-11(17-10)12(13,14)15/h2-3,6-7,16-17H,4-5H2,1H3. The van der Waals surface area contributed by atoms with E-state index in [2.05, 4.69) is 10.3 Å². The molecule has 0 radical (unpaired) electrons. The van der Waals surface area contributed by atoms with Crippen LogP contribution in [0.3, 0.4) is 0 Å². The van der Waals surface area contributed by atoms with E-state index < -0.39 is 11.9 Å². The molecule has 0 spiro atoms. The molecule has 0 bridgehead atoms. The highest BCUT2D eigenvalue weighted by molar-refractivity contribution is 5.81. The molecular formula is C12H13F3N2. The summed E-state index contributed by atoms with van der Waals surface area (Å²) in [7, 11) is 1.84. The monoisotopic (exact) mass is 242 g/mol. The van der Waals surface area contributed by atoms with Crippen molar-refractivity contribution in [3.05, 3.63) is 35.5 Å². The van der Waals surface area contributed by atoms with Crippen LogP contribution in [-0.2, 0) is 12.6 Å². The van der Waals surface area contributed by atoms with E-state index in [1.807, 2.05) is 13.1 Å². The van der Waals surface area contributed by atoms with E-state index in [0.717, 1.165) is 24.6 Å². The molecule has 5 heteroatoms. The van der Waals surface area contributed by atoms with Crippen LogP contribution in [0.2, 0.25) is 0 Å². The molecular weight excluding hydrogens is 229 g/mol. The number of alkyl halides is 3. The Morgan fingerprint density at radius 1 is 1.24 bits per heavy atom. The van der Waals surface area contributed by atoms with Gasteiger partial charge in [-0.25, -0.2) is 0 Å². The summed E-state index contributed by atoms with van der Waals surface area (Å²) in [5, 5.41) is 3.61. The fraction of sp³-hybridized carbons (Fsp3) is 0.333. The third-order valence-corrected chi connectivity index (χ3v) is 2.65. The summed E-state index contributed by atoms with van der Waals surface area (Å²) < 4.78 is 37.5. The van der Waals surface area contributed by atoms with Crippen molar-refractivity contribution in [2.24, 2.45) is 0 Å². The summed E-state index contributed by atoms with van der Waals surface area (Å²) in [6.07, 6.45) is -3.51. The highest BCUT2D eigenvalue weighted by Crippen LogP contribution is 2.31. The Morgan fingerprint density at radius 2 is 2.00 bits per heavy atom. The van der Waals surface area contributed by atoms with Crippen LogP contribution in [0.1, 0.15) is 11.3 Å². The summed E-state index contributed by atoms with van der Waals surface area (Å²) in [5.41, 5.74) is 0.850. The molecule has 0 aliphatic heterocycles. The molecule has 1 aromatic carbocycles. The van der Waals surface area contributed by atoms with Gasteiger partial charge in [0, 0.05) is 10.9 Å². The quantitative estimate of drug-likeness (QED) is 0.850. The van der Waals surface area contributed by atoms with E-state index in [1.165, 1.54) is 0 Å². The number of benzene rings is 1. The van der Waals surface area contributed by atoms with Gasteiger partial charge in [0.2, 0.25) is 0 Å². The van der Waals surface area contributed by atoms with E-state index in [1.54, 1.807) is 12.1 Å². The molecule has 0 amide bonds. The second-order valence-corrected chi connectivity index (χ2v) is 3.96. The second kappa shape index (κ2) is 4.41. The number of hydrogen-bond donors (Lipinski definition) is 2. The molecule has 92 valence electrons. The second-order valence-electron chi connectivity index (χ2n) is 3.96. The maximum atomic E-state index is 12.5. The van der Waals surface area contributed by atoms with Gasteiger partial charge in [-0.15, -0.1) is 0 Å². The summed E-state index contributed by atoms with van der Waals surface area (Å²) in [6.45, 7) is 0.808. The molecule has 2 N–H and O–H groups in total. The SMILES string of the molecule is CNCCc1ccc2[nH]c(C(F)(F)F)cc2c1. The average Bonchev–Trinajstić information content (AvgIpc) is 2.68. The molecule has 2 rings (SSSR count). The zero-order valence-corrected chi connectivity index (χ0v) is 9.36. The van der Waals surface area contributed by atoms with Crippen LogP contribution in [0, 0.1) is 0 Å². The van der Waals surface area contributed by atoms with Gasteiger partial charge in [-0.05, 0) is 43.8 Å². The van der Waals surface area contributed by atoms with Gasteiger partial charge in [0.25, 0.3) is 0 Å². The molecule has 1 heterocycles. The maximum Gasteiger partial charge on any atom is 0.431 e. The fourth-order valence-electron chi connectivity index (χ4n) is 1.76. The summed E-state index contributed by atoms with van der Waals surface area (Å²) in [6, 6.07) is 6.47. The van der Waals surface area contributed by atoms with Gasteiger partial charge in [-0.1, -0.05) is 6.07 Å². The van der Waals surface area contributed by atoms with Crippen molar-refractivity contribution in [1.82, 2.24) is 10.3 Å². The Hall–Kier alpha value is -1.49. The Bertz CT molecular complexity index is 514. The summed E-state index contributed by atoms with van der Waals surface area (Å²) in [4.78, 5) is 2.38. The lowest BCUT2D eigenvalue weighted by atomic mass is 10.1. The first-order valence-electron chi connectivity index (χ1n) is 5.34. The van der Waals surface area contributed by atoms with Crippen LogP contribution < -0.4 is 5.32 Å². The third-order valence-electron chi connectivity index (χ3n) is 2.65. The van der Waals surface area contributed by atoms with Crippen LogP contribution in [0.25, 0.3) is 10.9 Å². The molecule has 0 atom stereocenters. The van der Waals surface area contributed by atoms with E-state index in [4.69, 9.17) is 0 Å². The predicted molar refractivity (Wildman–Crippen MR) is 60.9 cm³/mol. The lowest BCUT2D eigenvalue weighted by Gasteiger charge is -2.00. The Morgan fingerprint density at radius 3 is 2.65 bits per heavy atom. The minimum atomic E-state index is -4.32. The average molecular weight is 242 g/mol. The predicted octanol–water partition coefficient (Wildman–Crippen LogP) is 2.95. The van der Waals surface area contributed by atoms with Gasteiger partial charge < -0.3 is 10.3 Å². The number of aromatic nitrogens is 1. The van der Waals surface area contributed by atoms with Gasteiger partial charge >= 0.3 is 6.18 Å². The number of nitrogens with one attached hydrogen (secondary N) is 2. The van der Waals surface area contributed by atoms with Crippen molar-refractivity contribution in [1.29, 1.82) is 0 Å². The number of fused-ring (bicyclic) bond motifs is 1. The van der Waals surface area contributed by atoms with Crippen molar-refractivity contribution in [3.8, 4) is 0 Å². The Kier molecular flexibility index (Phi) is 3.11. The molecule has 0 aliphatic carbocycles. The highest BCUT2D eigenvalue weighted by Gasteiger charge is 2.32. The lowest BCUT2D eigenvalue weighted by molar-refractivity contribution is -0.140. The molecule has 2 nitrogen and oxygen atoms in total. The fourth-order valence-corrected chi connectivity index (χ4v) is 1.76. The topological polar surface area (TPSA) is 27.8 Å². The lowest BCUT2D eigenvalue weighted by Crippen LogP contribution is -2.10. The minimum Gasteiger partial charge on any atom is -0.351 e. The molecule has 0 aliphatic rings. The molecule has 0 saturated carbocycles. The van der Waals surface area contributed by atoms with E-state index >= 15 is 0 Å². The van der Waals surface area contributed by atoms with Gasteiger partial charge in [0.1, 0.15) is 5.69 Å². The molecule has 0 fully saturated rings. The van der Waals surface area contributed by atoms with Crippen molar-refractivity contribution >= 4 is 10.9 Å². The maximum absolute atomic E-state index is 12.5. The first-order chi connectivity index (χ1) is 8.00. The van der Waals surface area contributed by atoms with Gasteiger partial charge in [-0.3, -0.25) is 0 Å². The third kappa shape index (κ3) is 2.61. The summed E-state index contributed by atoms with van der Waals surface area (Å²) >= 11 is 0. The first-order valence-corrected chi connectivity index (χ1v) is 5.34. The number of likely N-dealkylation sites (N-methyl/N-ethyl adjacent to an activating group) is 1. The van der Waals surface area contributed by atoms with Crippen LogP contribution in [0.5, 0.6) is 0 Å². The van der Waals surface area contributed by atoms with Crippen LogP contribution >= 0.6 is 0 Å². The number of hydrogen-bond acceptors (Lipinski definition) is 1. The number of halogens is 3. The molecule has 0 unspecified atom stereocenters. The molecule has 1 aromatic heterocycles. The van der Waals surface area contributed by atoms with Crippen LogP contribution in [0.15, 0.2) is 24.3 Å². The highest BCUT2D eigenvalue weighted by atomic mass is 19.4. The number of aromatic amines is 1. The smallest absolute Gasteiger partial charge is 0.351 e. The molecule has 2 aromatic rings. The van der Waals surface area contributed by atoms with Crippen LogP contribution in [0.4, 0.5) is 13.2 Å². The Labute approximate surface area is 96.8 Å². The largest absolute Gasteiger partial charge is 0.431 e. The van der Waals surface area contributed by atoms with Crippen LogP contribution in [-0.4, -0.2) is 18.6 Å². The number of H-pyrrole nitrogens is 1. The van der Waals surface area contributed by atoms with Crippen molar-refractivity contribution in [2.45, 2.75) is 12.6 Å². The van der Waals surface area contributed by atoms with Gasteiger partial charge in [0.15, 0.2) is 0 Å². The van der Waals surface area contributed by atoms with E-state index in [0.29, 0.717) is 10.9 Å². The zero-order chi connectivity index (χ0) is 12.5. The van der Waals surface area contributed by atoms with E-state index in [-0.39, 0.29) is 0 Å². The normalized spacial score (nSPS) is 12.2. The first kappa shape index (κ1) is 12.0. The van der Waals surface area contributed by atoms with E-state index in [9.17, 15) is 13.2 Å². The minimum absolute atomic E-state index is 0.519. The zero-order valence-electron chi connectivity index (χ0n) is 9.36. The Balaban J connectivity index is 2.34. The molecule has 17 heavy (non-hydrogen) atoms. The van der Waals surface area contributed by atoms with Crippen molar-refractivity contribution in [3.63, 3.8) is 0 Å². The van der Waals surface area contributed by atoms with Crippen molar-refractivity contribution in [2.75, 3.05) is 13.6 Å².